The van der Waals surface area contributed by atoms with Gasteiger partial charge in [0.25, 0.3) is 17.5 Å². The van der Waals surface area contributed by atoms with E-state index in [4.69, 9.17) is 17.0 Å². The van der Waals surface area contributed by atoms with Gasteiger partial charge in [0.05, 0.1) is 18.1 Å². The van der Waals surface area contributed by atoms with E-state index in [1.807, 2.05) is 24.0 Å². The largest absolute Gasteiger partial charge is 0.378 e. The number of carbonyl (C=O) groups is 2. The molecule has 1 heterocycles. The smallest absolute Gasteiger partial charge is 0.293 e. The molecule has 4 rings (SSSR count). The Bertz CT molecular complexity index is 1340. The van der Waals surface area contributed by atoms with E-state index in [1.54, 1.807) is 42.5 Å². The molecule has 0 aliphatic carbocycles. The van der Waals surface area contributed by atoms with Crippen LogP contribution in [0.25, 0.3) is 0 Å². The number of nitro benzene ring substituents is 1. The first-order valence-corrected chi connectivity index (χ1v) is 11.9. The van der Waals surface area contributed by atoms with Gasteiger partial charge in [0, 0.05) is 41.7 Å². The zero-order valence-corrected chi connectivity index (χ0v) is 20.8. The van der Waals surface area contributed by atoms with Crippen molar-refractivity contribution in [3.05, 3.63) is 93.5 Å². The quantitative estimate of drug-likeness (QED) is 0.252. The maximum Gasteiger partial charge on any atom is 0.293 e. The summed E-state index contributed by atoms with van der Waals surface area (Å²) in [5.41, 5.74) is 3.14. The van der Waals surface area contributed by atoms with Gasteiger partial charge < -0.3 is 20.3 Å². The Morgan fingerprint density at radius 1 is 0.919 bits per heavy atom. The molecule has 0 saturated carbocycles. The number of nitro groups is 1. The van der Waals surface area contributed by atoms with Crippen LogP contribution in [0.1, 0.15) is 26.3 Å². The van der Waals surface area contributed by atoms with Gasteiger partial charge in [-0.15, -0.1) is 0 Å². The van der Waals surface area contributed by atoms with E-state index in [0.717, 1.165) is 5.56 Å². The summed E-state index contributed by atoms with van der Waals surface area (Å²) < 4.78 is 5.31. The summed E-state index contributed by atoms with van der Waals surface area (Å²) in [6, 6.07) is 18.4. The molecule has 11 heteroatoms. The third-order valence-electron chi connectivity index (χ3n) is 5.69. The van der Waals surface area contributed by atoms with Crippen LogP contribution in [0.4, 0.5) is 22.7 Å². The summed E-state index contributed by atoms with van der Waals surface area (Å²) in [6.07, 6.45) is 0. The van der Waals surface area contributed by atoms with E-state index in [2.05, 4.69) is 16.0 Å². The lowest BCUT2D eigenvalue weighted by atomic mass is 10.1. The number of benzene rings is 3. The van der Waals surface area contributed by atoms with Crippen LogP contribution in [0.3, 0.4) is 0 Å². The number of nitrogens with zero attached hydrogens (tertiary/aromatic N) is 2. The number of anilines is 3. The molecule has 1 aliphatic rings. The average molecular weight is 520 g/mol. The van der Waals surface area contributed by atoms with Crippen LogP contribution in [0.15, 0.2) is 66.7 Å². The van der Waals surface area contributed by atoms with Crippen LogP contribution in [-0.2, 0) is 4.74 Å². The van der Waals surface area contributed by atoms with Gasteiger partial charge in [-0.2, -0.15) is 0 Å². The lowest BCUT2D eigenvalue weighted by Gasteiger charge is -2.28. The number of amides is 2. The zero-order valence-electron chi connectivity index (χ0n) is 20.0. The third kappa shape index (κ3) is 6.66. The van der Waals surface area contributed by atoms with Crippen LogP contribution < -0.4 is 20.9 Å². The van der Waals surface area contributed by atoms with Gasteiger partial charge in [-0.05, 0) is 67.7 Å². The number of hydrogen-bond acceptors (Lipinski definition) is 7. The van der Waals surface area contributed by atoms with Crippen molar-refractivity contribution in [2.45, 2.75) is 6.92 Å². The Morgan fingerprint density at radius 2 is 1.57 bits per heavy atom. The second kappa shape index (κ2) is 11.6. The van der Waals surface area contributed by atoms with Crippen molar-refractivity contribution in [2.75, 3.05) is 41.8 Å². The summed E-state index contributed by atoms with van der Waals surface area (Å²) in [5, 5.41) is 19.9. The highest BCUT2D eigenvalue weighted by Crippen LogP contribution is 2.30. The van der Waals surface area contributed by atoms with Crippen LogP contribution in [0.2, 0.25) is 0 Å². The molecule has 2 amide bonds. The Kier molecular flexibility index (Phi) is 8.06. The molecule has 0 unspecified atom stereocenters. The van der Waals surface area contributed by atoms with E-state index in [9.17, 15) is 19.7 Å². The standard InChI is InChI=1S/C26H25N5O5S/c1-17-3-2-4-18(15-17)24(32)27-20-6-8-21(9-7-20)28-26(37)29-25(33)19-5-10-22(23(16-19)31(34)35)30-11-13-36-14-12-30/h2-10,15-16H,11-14H2,1H3,(H,27,32)(H2,28,29,33,37). The summed E-state index contributed by atoms with van der Waals surface area (Å²) >= 11 is 5.23. The monoisotopic (exact) mass is 519 g/mol. The molecular formula is C26H25N5O5S. The number of nitrogens with one attached hydrogen (secondary N) is 3. The van der Waals surface area contributed by atoms with E-state index in [0.29, 0.717) is 48.9 Å². The number of rotatable bonds is 6. The fourth-order valence-corrected chi connectivity index (χ4v) is 4.06. The number of ether oxygens (including phenoxy) is 1. The van der Waals surface area contributed by atoms with Crippen LogP contribution in [0, 0.1) is 17.0 Å². The summed E-state index contributed by atoms with van der Waals surface area (Å²) in [7, 11) is 0. The minimum atomic E-state index is -0.573. The normalized spacial score (nSPS) is 12.9. The Morgan fingerprint density at radius 3 is 2.22 bits per heavy atom. The second-order valence-electron chi connectivity index (χ2n) is 8.37. The van der Waals surface area contributed by atoms with E-state index in [1.165, 1.54) is 12.1 Å². The van der Waals surface area contributed by atoms with Crippen molar-refractivity contribution in [1.29, 1.82) is 0 Å². The fourth-order valence-electron chi connectivity index (χ4n) is 3.85. The molecule has 10 nitrogen and oxygen atoms in total. The highest BCUT2D eigenvalue weighted by Gasteiger charge is 2.23. The van der Waals surface area contributed by atoms with Gasteiger partial charge in [-0.25, -0.2) is 0 Å². The molecule has 3 N–H and O–H groups in total. The number of morpholine rings is 1. The molecule has 3 aromatic rings. The first-order chi connectivity index (χ1) is 17.8. The molecule has 1 aliphatic heterocycles. The number of thiocarbonyl (C=S) groups is 1. The molecule has 1 saturated heterocycles. The summed E-state index contributed by atoms with van der Waals surface area (Å²) in [4.78, 5) is 38.1. The fraction of sp³-hybridized carbons (Fsp3) is 0.192. The predicted molar refractivity (Wildman–Crippen MR) is 145 cm³/mol. The molecular weight excluding hydrogens is 494 g/mol. The molecule has 1 fully saturated rings. The molecule has 0 radical (unpaired) electrons. The SMILES string of the molecule is Cc1cccc(C(=O)Nc2ccc(NC(=S)NC(=O)c3ccc(N4CCOCC4)c([N+](=O)[O-])c3)cc2)c1. The number of aryl methyl sites for hydroxylation is 1. The summed E-state index contributed by atoms with van der Waals surface area (Å²) in [6.45, 7) is 3.96. The highest BCUT2D eigenvalue weighted by atomic mass is 32.1. The molecule has 37 heavy (non-hydrogen) atoms. The van der Waals surface area contributed by atoms with E-state index < -0.39 is 10.8 Å². The molecule has 0 aromatic heterocycles. The van der Waals surface area contributed by atoms with Crippen molar-refractivity contribution in [3.63, 3.8) is 0 Å². The van der Waals surface area contributed by atoms with Crippen molar-refractivity contribution < 1.29 is 19.2 Å². The minimum absolute atomic E-state index is 0.0291. The van der Waals surface area contributed by atoms with Gasteiger partial charge >= 0.3 is 0 Å². The molecule has 3 aromatic carbocycles. The number of carbonyl (C=O) groups excluding carboxylic acids is 2. The first-order valence-electron chi connectivity index (χ1n) is 11.5. The van der Waals surface area contributed by atoms with Gasteiger partial charge in [0.15, 0.2) is 5.11 Å². The van der Waals surface area contributed by atoms with Gasteiger partial charge in [0.1, 0.15) is 5.69 Å². The zero-order chi connectivity index (χ0) is 26.4. The van der Waals surface area contributed by atoms with E-state index in [-0.39, 0.29) is 22.3 Å². The Hall–Kier alpha value is -4.35. The third-order valence-corrected chi connectivity index (χ3v) is 5.90. The molecule has 190 valence electrons. The molecule has 0 bridgehead atoms. The van der Waals surface area contributed by atoms with Crippen LogP contribution >= 0.6 is 12.2 Å². The summed E-state index contributed by atoms with van der Waals surface area (Å²) in [5.74, 6) is -0.794. The lowest BCUT2D eigenvalue weighted by molar-refractivity contribution is -0.384. The van der Waals surface area contributed by atoms with Crippen molar-refractivity contribution >= 4 is 51.9 Å². The second-order valence-corrected chi connectivity index (χ2v) is 8.78. The average Bonchev–Trinajstić information content (AvgIpc) is 2.89. The van der Waals surface area contributed by atoms with Gasteiger partial charge in [0.2, 0.25) is 0 Å². The first kappa shape index (κ1) is 25.7. The maximum absolute atomic E-state index is 12.7. The van der Waals surface area contributed by atoms with Crippen molar-refractivity contribution in [2.24, 2.45) is 0 Å². The Balaban J connectivity index is 1.36. The van der Waals surface area contributed by atoms with Crippen molar-refractivity contribution in [1.82, 2.24) is 5.32 Å². The van der Waals surface area contributed by atoms with Gasteiger partial charge in [-0.3, -0.25) is 25.0 Å². The van der Waals surface area contributed by atoms with E-state index >= 15 is 0 Å². The molecule has 0 spiro atoms. The van der Waals surface area contributed by atoms with Gasteiger partial charge in [-0.1, -0.05) is 17.7 Å². The Labute approximate surface area is 218 Å². The van der Waals surface area contributed by atoms with Crippen LogP contribution in [0.5, 0.6) is 0 Å². The lowest BCUT2D eigenvalue weighted by Crippen LogP contribution is -2.37. The minimum Gasteiger partial charge on any atom is -0.378 e. The predicted octanol–water partition coefficient (Wildman–Crippen LogP) is 4.12. The maximum atomic E-state index is 12.7. The topological polar surface area (TPSA) is 126 Å². The van der Waals surface area contributed by atoms with Crippen molar-refractivity contribution in [3.8, 4) is 0 Å². The highest BCUT2D eigenvalue weighted by molar-refractivity contribution is 7.80. The number of hydrogen-bond donors (Lipinski definition) is 3. The van der Waals surface area contributed by atoms with Crippen LogP contribution in [-0.4, -0.2) is 48.2 Å². The molecule has 0 atom stereocenters.